The number of carbonyl (C=O) groups is 1. The van der Waals surface area contributed by atoms with Gasteiger partial charge in [0.15, 0.2) is 0 Å². The van der Waals surface area contributed by atoms with Crippen LogP contribution in [0.1, 0.15) is 17.3 Å². The predicted octanol–water partition coefficient (Wildman–Crippen LogP) is 2.26. The van der Waals surface area contributed by atoms with Crippen LogP contribution in [-0.2, 0) is 6.54 Å². The number of ether oxygens (including phenoxy) is 1. The van der Waals surface area contributed by atoms with E-state index in [9.17, 15) is 4.79 Å². The summed E-state index contributed by atoms with van der Waals surface area (Å²) in [7, 11) is 0. The largest absolute Gasteiger partial charge is 0.492 e. The lowest BCUT2D eigenvalue weighted by molar-refractivity contribution is 0.0947. The van der Waals surface area contributed by atoms with Crippen molar-refractivity contribution in [3.8, 4) is 5.75 Å². The summed E-state index contributed by atoms with van der Waals surface area (Å²) in [4.78, 5) is 12.2. The van der Waals surface area contributed by atoms with Crippen LogP contribution in [0.15, 0.2) is 48.5 Å². The Morgan fingerprint density at radius 3 is 2.83 bits per heavy atom. The highest BCUT2D eigenvalue weighted by Crippen LogP contribution is 2.13. The lowest BCUT2D eigenvalue weighted by atomic mass is 10.2. The van der Waals surface area contributed by atoms with Crippen LogP contribution in [0.4, 0.5) is 0 Å². The van der Waals surface area contributed by atoms with Crippen molar-refractivity contribution >= 4 is 16.9 Å². The number of benzene rings is 2. The van der Waals surface area contributed by atoms with Crippen LogP contribution < -0.4 is 10.1 Å². The predicted molar refractivity (Wildman–Crippen MR) is 87.5 cm³/mol. The van der Waals surface area contributed by atoms with Gasteiger partial charge in [0, 0.05) is 12.1 Å². The zero-order valence-corrected chi connectivity index (χ0v) is 12.9. The summed E-state index contributed by atoms with van der Waals surface area (Å²) in [5.41, 5.74) is 2.22. The standard InChI is InChI=1S/C17H18N4O2/c1-2-21-16-9-8-13(12-15(16)19-20-21)17(22)18-10-11-23-14-6-4-3-5-7-14/h3-9,12H,2,10-11H2,1H3,(H,18,22). The van der Waals surface area contributed by atoms with Gasteiger partial charge >= 0.3 is 0 Å². The van der Waals surface area contributed by atoms with Crippen LogP contribution in [0, 0.1) is 0 Å². The Balaban J connectivity index is 1.56. The van der Waals surface area contributed by atoms with Gasteiger partial charge in [-0.15, -0.1) is 5.10 Å². The number of nitrogens with one attached hydrogen (secondary N) is 1. The molecule has 6 nitrogen and oxygen atoms in total. The zero-order chi connectivity index (χ0) is 16.1. The zero-order valence-electron chi connectivity index (χ0n) is 12.9. The summed E-state index contributed by atoms with van der Waals surface area (Å²) in [6.07, 6.45) is 0. The monoisotopic (exact) mass is 310 g/mol. The molecule has 3 aromatic rings. The Hall–Kier alpha value is -2.89. The van der Waals surface area contributed by atoms with E-state index in [1.165, 1.54) is 0 Å². The van der Waals surface area contributed by atoms with E-state index in [4.69, 9.17) is 4.74 Å². The molecular weight excluding hydrogens is 292 g/mol. The van der Waals surface area contributed by atoms with E-state index in [0.717, 1.165) is 23.3 Å². The molecule has 3 rings (SSSR count). The third-order valence-corrected chi connectivity index (χ3v) is 3.48. The van der Waals surface area contributed by atoms with Gasteiger partial charge in [0.05, 0.1) is 12.1 Å². The van der Waals surface area contributed by atoms with Gasteiger partial charge in [-0.05, 0) is 37.3 Å². The highest BCUT2D eigenvalue weighted by atomic mass is 16.5. The second-order valence-electron chi connectivity index (χ2n) is 5.03. The fourth-order valence-corrected chi connectivity index (χ4v) is 2.30. The molecule has 1 aromatic heterocycles. The summed E-state index contributed by atoms with van der Waals surface area (Å²) in [5, 5.41) is 11.0. The molecule has 0 bridgehead atoms. The second kappa shape index (κ2) is 6.91. The van der Waals surface area contributed by atoms with Crippen molar-refractivity contribution in [3.63, 3.8) is 0 Å². The summed E-state index contributed by atoms with van der Waals surface area (Å²) >= 11 is 0. The summed E-state index contributed by atoms with van der Waals surface area (Å²) < 4.78 is 7.34. The molecule has 1 amide bonds. The molecule has 0 saturated heterocycles. The van der Waals surface area contributed by atoms with Crippen molar-refractivity contribution in [1.29, 1.82) is 0 Å². The van der Waals surface area contributed by atoms with Crippen LogP contribution in [0.3, 0.4) is 0 Å². The van der Waals surface area contributed by atoms with E-state index in [1.807, 2.05) is 43.3 Å². The molecule has 0 radical (unpaired) electrons. The third-order valence-electron chi connectivity index (χ3n) is 3.48. The minimum atomic E-state index is -0.144. The highest BCUT2D eigenvalue weighted by molar-refractivity contribution is 5.97. The molecule has 0 saturated carbocycles. The first-order chi connectivity index (χ1) is 11.3. The molecule has 23 heavy (non-hydrogen) atoms. The number of amides is 1. The highest BCUT2D eigenvalue weighted by Gasteiger charge is 2.09. The number of fused-ring (bicyclic) bond motifs is 1. The molecule has 0 aliphatic heterocycles. The maximum absolute atomic E-state index is 12.2. The molecule has 1 N–H and O–H groups in total. The maximum Gasteiger partial charge on any atom is 0.251 e. The molecule has 6 heteroatoms. The molecule has 0 atom stereocenters. The second-order valence-corrected chi connectivity index (χ2v) is 5.03. The van der Waals surface area contributed by atoms with Crippen molar-refractivity contribution in [2.45, 2.75) is 13.5 Å². The SMILES string of the molecule is CCn1nnc2cc(C(=O)NCCOc3ccccc3)ccc21. The van der Waals surface area contributed by atoms with Crippen molar-refractivity contribution in [3.05, 3.63) is 54.1 Å². The van der Waals surface area contributed by atoms with Crippen LogP contribution >= 0.6 is 0 Å². The Bertz CT molecular complexity index is 799. The number of hydrogen-bond donors (Lipinski definition) is 1. The Morgan fingerprint density at radius 2 is 2.04 bits per heavy atom. The van der Waals surface area contributed by atoms with E-state index < -0.39 is 0 Å². The first-order valence-corrected chi connectivity index (χ1v) is 7.57. The van der Waals surface area contributed by atoms with Gasteiger partial charge in [0.1, 0.15) is 17.9 Å². The van der Waals surface area contributed by atoms with E-state index in [1.54, 1.807) is 16.8 Å². The molecule has 2 aromatic carbocycles. The molecule has 118 valence electrons. The first kappa shape index (κ1) is 15.0. The van der Waals surface area contributed by atoms with Gasteiger partial charge in [-0.3, -0.25) is 4.79 Å². The summed E-state index contributed by atoms with van der Waals surface area (Å²) in [6.45, 7) is 3.61. The number of aryl methyl sites for hydroxylation is 1. The topological polar surface area (TPSA) is 69.0 Å². The van der Waals surface area contributed by atoms with E-state index in [0.29, 0.717) is 18.7 Å². The number of para-hydroxylation sites is 1. The van der Waals surface area contributed by atoms with Crippen LogP contribution in [0.25, 0.3) is 11.0 Å². The van der Waals surface area contributed by atoms with Gasteiger partial charge in [0.2, 0.25) is 0 Å². The quantitative estimate of drug-likeness (QED) is 0.709. The average molecular weight is 310 g/mol. The van der Waals surface area contributed by atoms with Gasteiger partial charge in [-0.1, -0.05) is 23.4 Å². The van der Waals surface area contributed by atoms with Gasteiger partial charge < -0.3 is 10.1 Å². The smallest absolute Gasteiger partial charge is 0.251 e. The fraction of sp³-hybridized carbons (Fsp3) is 0.235. The minimum Gasteiger partial charge on any atom is -0.492 e. The number of aromatic nitrogens is 3. The van der Waals surface area contributed by atoms with Crippen LogP contribution in [0.2, 0.25) is 0 Å². The Kier molecular flexibility index (Phi) is 4.52. The Labute approximate surface area is 134 Å². The van der Waals surface area contributed by atoms with Gasteiger partial charge in [-0.25, -0.2) is 4.68 Å². The molecule has 0 spiro atoms. The van der Waals surface area contributed by atoms with E-state index in [2.05, 4.69) is 15.6 Å². The molecule has 1 heterocycles. The van der Waals surface area contributed by atoms with Crippen molar-refractivity contribution in [2.24, 2.45) is 0 Å². The van der Waals surface area contributed by atoms with E-state index in [-0.39, 0.29) is 5.91 Å². The molecule has 0 fully saturated rings. The lowest BCUT2D eigenvalue weighted by Crippen LogP contribution is -2.28. The molecule has 0 aliphatic carbocycles. The third kappa shape index (κ3) is 3.48. The van der Waals surface area contributed by atoms with Gasteiger partial charge in [0.25, 0.3) is 5.91 Å². The molecular formula is C17H18N4O2. The normalized spacial score (nSPS) is 10.7. The summed E-state index contributed by atoms with van der Waals surface area (Å²) in [6, 6.07) is 14.9. The number of hydrogen-bond acceptors (Lipinski definition) is 4. The van der Waals surface area contributed by atoms with Crippen LogP contribution in [0.5, 0.6) is 5.75 Å². The average Bonchev–Trinajstić information content (AvgIpc) is 3.01. The Morgan fingerprint density at radius 1 is 1.22 bits per heavy atom. The number of rotatable bonds is 6. The minimum absolute atomic E-state index is 0.144. The van der Waals surface area contributed by atoms with Crippen molar-refractivity contribution < 1.29 is 9.53 Å². The summed E-state index contributed by atoms with van der Waals surface area (Å²) in [5.74, 6) is 0.647. The lowest BCUT2D eigenvalue weighted by Gasteiger charge is -2.07. The van der Waals surface area contributed by atoms with Crippen LogP contribution in [-0.4, -0.2) is 34.1 Å². The van der Waals surface area contributed by atoms with Crippen molar-refractivity contribution in [1.82, 2.24) is 20.3 Å². The van der Waals surface area contributed by atoms with Gasteiger partial charge in [-0.2, -0.15) is 0 Å². The van der Waals surface area contributed by atoms with E-state index >= 15 is 0 Å². The number of carbonyl (C=O) groups excluding carboxylic acids is 1. The fourth-order valence-electron chi connectivity index (χ4n) is 2.30. The van der Waals surface area contributed by atoms with Crippen molar-refractivity contribution in [2.75, 3.05) is 13.2 Å². The number of nitrogens with zero attached hydrogens (tertiary/aromatic N) is 3. The first-order valence-electron chi connectivity index (χ1n) is 7.57. The molecule has 0 unspecified atom stereocenters. The molecule has 0 aliphatic rings. The maximum atomic E-state index is 12.2.